The van der Waals surface area contributed by atoms with Crippen molar-refractivity contribution in [3.8, 4) is 0 Å². The number of thiophene rings is 1. The molecule has 0 aromatic carbocycles. The van der Waals surface area contributed by atoms with Gasteiger partial charge in [0.1, 0.15) is 11.4 Å². The molecule has 1 aliphatic heterocycles. The summed E-state index contributed by atoms with van der Waals surface area (Å²) >= 11 is 1.12. The number of ether oxygens (including phenoxy) is 2. The van der Waals surface area contributed by atoms with E-state index in [0.717, 1.165) is 11.3 Å². The van der Waals surface area contributed by atoms with Crippen LogP contribution in [0, 0.1) is 18.8 Å². The summed E-state index contributed by atoms with van der Waals surface area (Å²) in [7, 11) is 2.69. The van der Waals surface area contributed by atoms with Crippen LogP contribution >= 0.6 is 11.3 Å². The number of allylic oxidation sites excluding steroid dienone is 2. The number of likely N-dealkylation sites (tertiary alicyclic amines) is 1. The van der Waals surface area contributed by atoms with Gasteiger partial charge in [0.15, 0.2) is 12.3 Å². The summed E-state index contributed by atoms with van der Waals surface area (Å²) in [4.78, 5) is 38.4. The fourth-order valence-electron chi connectivity index (χ4n) is 4.12. The average molecular weight is 518 g/mol. The summed E-state index contributed by atoms with van der Waals surface area (Å²) in [6.45, 7) is 7.02. The van der Waals surface area contributed by atoms with Gasteiger partial charge in [0.05, 0.1) is 45.2 Å². The number of hydrogen-bond donors (Lipinski definition) is 1. The zero-order valence-electron chi connectivity index (χ0n) is 20.4. The maximum atomic E-state index is 13.3. The lowest BCUT2D eigenvalue weighted by atomic mass is 9.91. The van der Waals surface area contributed by atoms with Crippen molar-refractivity contribution in [1.29, 1.82) is 0 Å². The van der Waals surface area contributed by atoms with Crippen molar-refractivity contribution in [3.05, 3.63) is 40.3 Å². The Balaban J connectivity index is 2.24. The van der Waals surface area contributed by atoms with Crippen LogP contribution in [0.5, 0.6) is 0 Å². The van der Waals surface area contributed by atoms with Crippen LogP contribution < -0.4 is 5.32 Å². The number of hydrogen-bond acceptors (Lipinski definition) is 6. The molecular formula is C24H32F3N2O5S+. The zero-order valence-corrected chi connectivity index (χ0v) is 21.2. The van der Waals surface area contributed by atoms with Crippen molar-refractivity contribution in [3.63, 3.8) is 0 Å². The Morgan fingerprint density at radius 1 is 1.26 bits per heavy atom. The molecule has 0 spiro atoms. The van der Waals surface area contributed by atoms with Gasteiger partial charge >= 0.3 is 12.1 Å². The molecule has 1 unspecified atom stereocenters. The van der Waals surface area contributed by atoms with Crippen LogP contribution in [0.2, 0.25) is 0 Å². The van der Waals surface area contributed by atoms with E-state index < -0.39 is 29.9 Å². The average Bonchev–Trinajstić information content (AvgIpc) is 3.15. The highest BCUT2D eigenvalue weighted by atomic mass is 32.1. The highest BCUT2D eigenvalue weighted by Gasteiger charge is 2.47. The number of carbonyl (C=O) groups is 3. The van der Waals surface area contributed by atoms with E-state index in [1.807, 2.05) is 0 Å². The fourth-order valence-corrected chi connectivity index (χ4v) is 5.04. The second kappa shape index (κ2) is 11.9. The van der Waals surface area contributed by atoms with E-state index in [4.69, 9.17) is 9.47 Å². The lowest BCUT2D eigenvalue weighted by Crippen LogP contribution is -2.60. The Bertz CT molecular complexity index is 978. The van der Waals surface area contributed by atoms with E-state index in [1.54, 1.807) is 25.3 Å². The van der Waals surface area contributed by atoms with E-state index >= 15 is 0 Å². The molecule has 0 radical (unpaired) electrons. The third-order valence-electron chi connectivity index (χ3n) is 6.40. The number of amides is 1. The summed E-state index contributed by atoms with van der Waals surface area (Å²) in [5.41, 5.74) is 1.48. The maximum absolute atomic E-state index is 13.3. The van der Waals surface area contributed by atoms with Gasteiger partial charge in [-0.1, -0.05) is 13.5 Å². The van der Waals surface area contributed by atoms with Crippen molar-refractivity contribution < 1.29 is 41.5 Å². The van der Waals surface area contributed by atoms with Gasteiger partial charge in [-0.05, 0) is 29.5 Å². The topological polar surface area (TPSA) is 81.7 Å². The molecule has 1 aliphatic rings. The Kier molecular flexibility index (Phi) is 9.68. The summed E-state index contributed by atoms with van der Waals surface area (Å²) in [5.74, 6) is -3.37. The molecule has 1 fully saturated rings. The predicted octanol–water partition coefficient (Wildman–Crippen LogP) is 4.49. The second-order valence-electron chi connectivity index (χ2n) is 8.88. The number of carbonyl (C=O) groups excluding carboxylic acids is 3. The van der Waals surface area contributed by atoms with Crippen LogP contribution in [0.1, 0.15) is 35.0 Å². The lowest BCUT2D eigenvalue weighted by molar-refractivity contribution is -0.919. The van der Waals surface area contributed by atoms with E-state index in [1.165, 1.54) is 20.5 Å². The van der Waals surface area contributed by atoms with Gasteiger partial charge in [0.25, 0.3) is 5.91 Å². The molecular weight excluding hydrogens is 485 g/mol. The van der Waals surface area contributed by atoms with Crippen molar-refractivity contribution in [2.24, 2.45) is 11.8 Å². The molecule has 0 aliphatic carbocycles. The molecule has 7 nitrogen and oxygen atoms in total. The molecule has 0 saturated carbocycles. The molecule has 1 aromatic heterocycles. The number of anilines is 1. The van der Waals surface area contributed by atoms with E-state index in [9.17, 15) is 27.6 Å². The number of esters is 1. The number of nitrogens with zero attached hydrogens (tertiary/aromatic N) is 1. The SMILES string of the molecule is C=C(/C=C\OC)C(C)C(=O)C[N+]1(CC(=O)Nc2c(C)csc2C(=O)OC)CCC(C(F)(F)F)CC1. The van der Waals surface area contributed by atoms with Crippen molar-refractivity contribution in [2.45, 2.75) is 32.9 Å². The van der Waals surface area contributed by atoms with Crippen LogP contribution in [0.3, 0.4) is 0 Å². The number of halogens is 3. The number of aryl methyl sites for hydroxylation is 1. The van der Waals surface area contributed by atoms with Crippen molar-refractivity contribution >= 4 is 34.7 Å². The Hall–Kier alpha value is -2.66. The van der Waals surface area contributed by atoms with Crippen LogP contribution in [0.15, 0.2) is 29.9 Å². The highest BCUT2D eigenvalue weighted by molar-refractivity contribution is 7.12. The zero-order chi connectivity index (χ0) is 26.4. The van der Waals surface area contributed by atoms with Crippen molar-refractivity contribution in [1.82, 2.24) is 0 Å². The third kappa shape index (κ3) is 7.41. The number of alkyl halides is 3. The minimum atomic E-state index is -4.32. The molecule has 0 bridgehead atoms. The number of methoxy groups -OCH3 is 2. The van der Waals surface area contributed by atoms with Gasteiger partial charge < -0.3 is 19.3 Å². The smallest absolute Gasteiger partial charge is 0.392 e. The Morgan fingerprint density at radius 3 is 2.43 bits per heavy atom. The normalized spacial score (nSPS) is 21.4. The number of Topliss-reactive ketones (excluding diaryl/α,β-unsaturated/α-hetero) is 1. The molecule has 35 heavy (non-hydrogen) atoms. The fraction of sp³-hybridized carbons (Fsp3) is 0.542. The minimum absolute atomic E-state index is 0.0307. The van der Waals surface area contributed by atoms with Crippen molar-refractivity contribution in [2.75, 3.05) is 45.7 Å². The summed E-state index contributed by atoms with van der Waals surface area (Å²) in [5, 5.41) is 4.42. The molecule has 1 amide bonds. The molecule has 2 rings (SSSR count). The summed E-state index contributed by atoms with van der Waals surface area (Å²) < 4.78 is 49.4. The summed E-state index contributed by atoms with van der Waals surface area (Å²) in [6, 6.07) is 0. The van der Waals surface area contributed by atoms with E-state index in [-0.39, 0.29) is 54.2 Å². The number of quaternary nitrogens is 1. The molecule has 194 valence electrons. The van der Waals surface area contributed by atoms with Crippen LogP contribution in [0.25, 0.3) is 0 Å². The maximum Gasteiger partial charge on any atom is 0.392 e. The molecule has 1 aromatic rings. The van der Waals surface area contributed by atoms with E-state index in [2.05, 4.69) is 11.9 Å². The van der Waals surface area contributed by atoms with Gasteiger partial charge in [-0.25, -0.2) is 4.79 Å². The first kappa shape index (κ1) is 28.6. The second-order valence-corrected chi connectivity index (χ2v) is 9.76. The monoisotopic (exact) mass is 517 g/mol. The quantitative estimate of drug-likeness (QED) is 0.214. The molecule has 2 heterocycles. The first-order valence-electron chi connectivity index (χ1n) is 11.1. The Morgan fingerprint density at radius 2 is 1.89 bits per heavy atom. The van der Waals surface area contributed by atoms with Gasteiger partial charge in [0, 0.05) is 18.8 Å². The number of ketones is 1. The van der Waals surface area contributed by atoms with Gasteiger partial charge in [-0.15, -0.1) is 11.3 Å². The molecule has 11 heteroatoms. The third-order valence-corrected chi connectivity index (χ3v) is 7.48. The molecule has 1 N–H and O–H groups in total. The highest BCUT2D eigenvalue weighted by Crippen LogP contribution is 2.37. The van der Waals surface area contributed by atoms with Crippen LogP contribution in [-0.4, -0.2) is 68.7 Å². The number of nitrogens with one attached hydrogen (secondary N) is 1. The minimum Gasteiger partial charge on any atom is -0.504 e. The number of rotatable bonds is 10. The standard InChI is InChI=1S/C24H31F3N2O5S/c1-15(8-11-33-4)17(3)19(30)12-29(9-6-18(7-10-29)24(25,26)27)13-20(31)28-21-16(2)14-35-22(21)23(32)34-5/h8,11,14,17-18H,1,6-7,9-10,12-13H2,2-5H3/p+1/b11-8-. The van der Waals surface area contributed by atoms with E-state index in [0.29, 0.717) is 16.8 Å². The van der Waals surface area contributed by atoms with Crippen LogP contribution in [0.4, 0.5) is 18.9 Å². The summed E-state index contributed by atoms with van der Waals surface area (Å²) in [6.07, 6.45) is -1.72. The number of piperidine rings is 1. The lowest BCUT2D eigenvalue weighted by Gasteiger charge is -2.43. The predicted molar refractivity (Wildman–Crippen MR) is 127 cm³/mol. The first-order chi connectivity index (χ1) is 16.3. The largest absolute Gasteiger partial charge is 0.504 e. The molecule has 1 saturated heterocycles. The van der Waals surface area contributed by atoms with Gasteiger partial charge in [-0.2, -0.15) is 13.2 Å². The Labute approximate surface area is 207 Å². The molecule has 1 atom stereocenters. The van der Waals surface area contributed by atoms with Gasteiger partial charge in [-0.3, -0.25) is 9.59 Å². The van der Waals surface area contributed by atoms with Gasteiger partial charge in [0.2, 0.25) is 0 Å². The first-order valence-corrected chi connectivity index (χ1v) is 12.0. The van der Waals surface area contributed by atoms with Crippen LogP contribution in [-0.2, 0) is 19.1 Å².